The van der Waals surface area contributed by atoms with Crippen LogP contribution in [-0.2, 0) is 11.5 Å². The summed E-state index contributed by atoms with van der Waals surface area (Å²) in [5, 5.41) is 13.4. The Morgan fingerprint density at radius 2 is 2.14 bits per heavy atom. The number of para-hydroxylation sites is 1. The van der Waals surface area contributed by atoms with E-state index in [1.54, 1.807) is 6.07 Å². The minimum absolute atomic E-state index is 0.0508. The summed E-state index contributed by atoms with van der Waals surface area (Å²) in [6, 6.07) is 5.30. The van der Waals surface area contributed by atoms with Gasteiger partial charge in [-0.05, 0) is 12.1 Å². The van der Waals surface area contributed by atoms with Crippen LogP contribution in [0.3, 0.4) is 0 Å². The summed E-state index contributed by atoms with van der Waals surface area (Å²) in [6.45, 7) is 7.33. The molecule has 0 bridgehead atoms. The molecule has 0 unspecified atom stereocenters. The third-order valence-corrected chi connectivity index (χ3v) is 4.84. The molecule has 1 aromatic carbocycles. The summed E-state index contributed by atoms with van der Waals surface area (Å²) in [5.74, 6) is -1.67. The number of hydrogen-bond acceptors (Lipinski definition) is 3. The van der Waals surface area contributed by atoms with Crippen LogP contribution in [0, 0.1) is 5.82 Å². The standard InChI is InChI=1S/C14H19FN2O3Si/c1-21(2,3)8-7-20-9-17-13-10(5-4-6-11(13)15)12(16-17)14(18)19/h4-6H,7-9H2,1-3H3,(H,18,19). The van der Waals surface area contributed by atoms with Crippen molar-refractivity contribution < 1.29 is 19.0 Å². The van der Waals surface area contributed by atoms with Gasteiger partial charge < -0.3 is 9.84 Å². The van der Waals surface area contributed by atoms with Gasteiger partial charge in [-0.2, -0.15) is 5.10 Å². The molecule has 0 amide bonds. The second-order valence-corrected chi connectivity index (χ2v) is 11.8. The molecule has 2 rings (SSSR count). The molecule has 1 aromatic heterocycles. The third kappa shape index (κ3) is 3.67. The van der Waals surface area contributed by atoms with Crippen LogP contribution in [-0.4, -0.2) is 35.5 Å². The van der Waals surface area contributed by atoms with Crippen molar-refractivity contribution in [1.82, 2.24) is 9.78 Å². The van der Waals surface area contributed by atoms with Crippen LogP contribution < -0.4 is 0 Å². The van der Waals surface area contributed by atoms with E-state index >= 15 is 0 Å². The van der Waals surface area contributed by atoms with Gasteiger partial charge in [0.25, 0.3) is 0 Å². The summed E-state index contributed by atoms with van der Waals surface area (Å²) >= 11 is 0. The van der Waals surface area contributed by atoms with E-state index in [0.29, 0.717) is 6.61 Å². The third-order valence-electron chi connectivity index (χ3n) is 3.13. The van der Waals surface area contributed by atoms with Crippen molar-refractivity contribution in [3.05, 3.63) is 29.7 Å². The lowest BCUT2D eigenvalue weighted by Gasteiger charge is -2.15. The maximum Gasteiger partial charge on any atom is 0.357 e. The van der Waals surface area contributed by atoms with E-state index in [9.17, 15) is 9.18 Å². The monoisotopic (exact) mass is 310 g/mol. The van der Waals surface area contributed by atoms with Gasteiger partial charge in [0.05, 0.1) is 0 Å². The predicted octanol–water partition coefficient (Wildman–Crippen LogP) is 3.19. The van der Waals surface area contributed by atoms with E-state index in [1.165, 1.54) is 16.8 Å². The Kier molecular flexibility index (Phi) is 4.43. The number of carboxylic acid groups (broad SMARTS) is 1. The molecule has 0 saturated heterocycles. The van der Waals surface area contributed by atoms with E-state index in [1.807, 2.05) is 0 Å². The highest BCUT2D eigenvalue weighted by atomic mass is 28.3. The van der Waals surface area contributed by atoms with Crippen molar-refractivity contribution in [2.45, 2.75) is 32.4 Å². The first-order valence-corrected chi connectivity index (χ1v) is 10.5. The lowest BCUT2D eigenvalue weighted by Crippen LogP contribution is -2.22. The largest absolute Gasteiger partial charge is 0.476 e. The van der Waals surface area contributed by atoms with E-state index in [2.05, 4.69) is 24.7 Å². The number of aromatic carboxylic acids is 1. The number of carbonyl (C=O) groups is 1. The van der Waals surface area contributed by atoms with Gasteiger partial charge in [0.1, 0.15) is 18.1 Å². The Bertz CT molecular complexity index is 664. The van der Waals surface area contributed by atoms with Crippen LogP contribution in [0.4, 0.5) is 4.39 Å². The number of benzene rings is 1. The van der Waals surface area contributed by atoms with Crippen LogP contribution in [0.1, 0.15) is 10.5 Å². The van der Waals surface area contributed by atoms with Crippen LogP contribution in [0.15, 0.2) is 18.2 Å². The van der Waals surface area contributed by atoms with E-state index in [-0.39, 0.29) is 23.3 Å². The molecular formula is C14H19FN2O3Si. The number of carboxylic acids is 1. The van der Waals surface area contributed by atoms with Crippen molar-refractivity contribution in [2.75, 3.05) is 6.61 Å². The Labute approximate surface area is 123 Å². The SMILES string of the molecule is C[Si](C)(C)CCOCn1nc(C(=O)O)c2cccc(F)c21. The van der Waals surface area contributed by atoms with Crippen molar-refractivity contribution >= 4 is 24.9 Å². The first-order chi connectivity index (χ1) is 9.79. The quantitative estimate of drug-likeness (QED) is 0.657. The zero-order valence-corrected chi connectivity index (χ0v) is 13.4. The molecule has 0 aliphatic heterocycles. The minimum atomic E-state index is -1.20. The smallest absolute Gasteiger partial charge is 0.357 e. The molecule has 0 aliphatic rings. The van der Waals surface area contributed by atoms with E-state index < -0.39 is 19.9 Å². The molecule has 0 spiro atoms. The Morgan fingerprint density at radius 3 is 2.76 bits per heavy atom. The number of halogens is 1. The second kappa shape index (κ2) is 5.95. The highest BCUT2D eigenvalue weighted by Gasteiger charge is 2.19. The number of ether oxygens (including phenoxy) is 1. The summed E-state index contributed by atoms with van der Waals surface area (Å²) in [5.41, 5.74) is 0.0150. The molecule has 2 aromatic rings. The van der Waals surface area contributed by atoms with Crippen molar-refractivity contribution in [3.8, 4) is 0 Å². The van der Waals surface area contributed by atoms with Crippen LogP contribution in [0.25, 0.3) is 10.9 Å². The molecule has 0 radical (unpaired) electrons. The maximum absolute atomic E-state index is 13.9. The van der Waals surface area contributed by atoms with Crippen LogP contribution in [0.2, 0.25) is 25.7 Å². The Morgan fingerprint density at radius 1 is 1.43 bits per heavy atom. The lowest BCUT2D eigenvalue weighted by atomic mass is 10.2. The van der Waals surface area contributed by atoms with Crippen LogP contribution >= 0.6 is 0 Å². The summed E-state index contributed by atoms with van der Waals surface area (Å²) < 4.78 is 20.7. The maximum atomic E-state index is 13.9. The summed E-state index contributed by atoms with van der Waals surface area (Å²) in [6.07, 6.45) is 0. The van der Waals surface area contributed by atoms with Crippen LogP contribution in [0.5, 0.6) is 0 Å². The molecule has 0 fully saturated rings. The zero-order chi connectivity index (χ0) is 15.6. The Balaban J connectivity index is 2.22. The zero-order valence-electron chi connectivity index (χ0n) is 12.4. The van der Waals surface area contributed by atoms with E-state index in [4.69, 9.17) is 9.84 Å². The van der Waals surface area contributed by atoms with Crippen molar-refractivity contribution in [2.24, 2.45) is 0 Å². The van der Waals surface area contributed by atoms with E-state index in [0.717, 1.165) is 6.04 Å². The average Bonchev–Trinajstić information content (AvgIpc) is 2.74. The summed E-state index contributed by atoms with van der Waals surface area (Å²) in [4.78, 5) is 11.2. The highest BCUT2D eigenvalue weighted by Crippen LogP contribution is 2.21. The van der Waals surface area contributed by atoms with Crippen molar-refractivity contribution in [3.63, 3.8) is 0 Å². The first kappa shape index (κ1) is 15.7. The topological polar surface area (TPSA) is 64.4 Å². The van der Waals surface area contributed by atoms with Crippen molar-refractivity contribution in [1.29, 1.82) is 0 Å². The predicted molar refractivity (Wildman–Crippen MR) is 80.8 cm³/mol. The number of hydrogen-bond donors (Lipinski definition) is 1. The summed E-state index contributed by atoms with van der Waals surface area (Å²) in [7, 11) is -1.20. The molecule has 0 aliphatic carbocycles. The normalized spacial score (nSPS) is 12.0. The number of fused-ring (bicyclic) bond motifs is 1. The van der Waals surface area contributed by atoms with Gasteiger partial charge in [-0.1, -0.05) is 31.8 Å². The van der Waals surface area contributed by atoms with Gasteiger partial charge in [-0.25, -0.2) is 13.9 Å². The second-order valence-electron chi connectivity index (χ2n) is 6.14. The number of nitrogens with zero attached hydrogens (tertiary/aromatic N) is 2. The molecule has 0 saturated carbocycles. The highest BCUT2D eigenvalue weighted by molar-refractivity contribution is 6.76. The molecule has 114 valence electrons. The fraction of sp³-hybridized carbons (Fsp3) is 0.429. The van der Waals surface area contributed by atoms with Gasteiger partial charge >= 0.3 is 5.97 Å². The van der Waals surface area contributed by atoms with Gasteiger partial charge in [0.15, 0.2) is 5.69 Å². The average molecular weight is 310 g/mol. The first-order valence-electron chi connectivity index (χ1n) is 6.76. The van der Waals surface area contributed by atoms with Gasteiger partial charge in [0.2, 0.25) is 0 Å². The number of aromatic nitrogens is 2. The lowest BCUT2D eigenvalue weighted by molar-refractivity contribution is 0.0675. The number of rotatable bonds is 6. The van der Waals surface area contributed by atoms with Gasteiger partial charge in [0, 0.05) is 20.1 Å². The molecule has 1 heterocycles. The van der Waals surface area contributed by atoms with Gasteiger partial charge in [-0.15, -0.1) is 0 Å². The molecular weight excluding hydrogens is 291 g/mol. The fourth-order valence-corrected chi connectivity index (χ4v) is 2.73. The molecule has 7 heteroatoms. The molecule has 0 atom stereocenters. The fourth-order valence-electron chi connectivity index (χ4n) is 1.97. The minimum Gasteiger partial charge on any atom is -0.476 e. The molecule has 1 N–H and O–H groups in total. The molecule has 5 nitrogen and oxygen atoms in total. The Hall–Kier alpha value is -1.73. The molecule has 21 heavy (non-hydrogen) atoms. The van der Waals surface area contributed by atoms with Gasteiger partial charge in [-0.3, -0.25) is 0 Å².